The zero-order chi connectivity index (χ0) is 11.5. The summed E-state index contributed by atoms with van der Waals surface area (Å²) in [4.78, 5) is 10.8. The molecule has 3 heteroatoms. The lowest BCUT2D eigenvalue weighted by Crippen LogP contribution is -2.02. The molecular formula is C12H21NO2. The van der Waals surface area contributed by atoms with Crippen molar-refractivity contribution in [1.29, 1.82) is 5.26 Å². The monoisotopic (exact) mass is 211 g/mol. The molecule has 0 spiro atoms. The van der Waals surface area contributed by atoms with E-state index in [1.165, 1.54) is 7.11 Å². The maximum Gasteiger partial charge on any atom is 0.305 e. The van der Waals surface area contributed by atoms with Crippen molar-refractivity contribution in [2.75, 3.05) is 7.11 Å². The van der Waals surface area contributed by atoms with Crippen LogP contribution in [-0.4, -0.2) is 13.1 Å². The first-order valence-corrected chi connectivity index (χ1v) is 5.68. The van der Waals surface area contributed by atoms with E-state index in [1.54, 1.807) is 0 Å². The maximum atomic E-state index is 10.8. The van der Waals surface area contributed by atoms with Crippen molar-refractivity contribution in [1.82, 2.24) is 0 Å². The van der Waals surface area contributed by atoms with Crippen LogP contribution in [0.15, 0.2) is 0 Å². The Balaban J connectivity index is 3.53. The lowest BCUT2D eigenvalue weighted by Gasteiger charge is -2.11. The number of esters is 1. The van der Waals surface area contributed by atoms with E-state index >= 15 is 0 Å². The van der Waals surface area contributed by atoms with Gasteiger partial charge in [0.1, 0.15) is 0 Å². The van der Waals surface area contributed by atoms with Crippen molar-refractivity contribution < 1.29 is 9.53 Å². The molecule has 0 aromatic carbocycles. The van der Waals surface area contributed by atoms with Gasteiger partial charge in [0.15, 0.2) is 0 Å². The highest BCUT2D eigenvalue weighted by Gasteiger charge is 2.07. The molecule has 0 N–H and O–H groups in total. The largest absolute Gasteiger partial charge is 0.469 e. The second-order valence-electron chi connectivity index (χ2n) is 3.84. The van der Waals surface area contributed by atoms with Gasteiger partial charge in [0.25, 0.3) is 0 Å². The number of unbranched alkanes of at least 4 members (excludes halogenated alkanes) is 1. The van der Waals surface area contributed by atoms with Gasteiger partial charge in [0.2, 0.25) is 0 Å². The van der Waals surface area contributed by atoms with E-state index in [1.807, 2.05) is 0 Å². The molecule has 0 saturated carbocycles. The highest BCUT2D eigenvalue weighted by Crippen LogP contribution is 2.18. The maximum absolute atomic E-state index is 10.8. The number of rotatable bonds is 8. The van der Waals surface area contributed by atoms with Crippen LogP contribution in [0.5, 0.6) is 0 Å². The Bertz CT molecular complexity index is 208. The average molecular weight is 211 g/mol. The smallest absolute Gasteiger partial charge is 0.305 e. The number of methoxy groups -OCH3 is 1. The van der Waals surface area contributed by atoms with Gasteiger partial charge >= 0.3 is 5.97 Å². The molecule has 0 aromatic rings. The fraction of sp³-hybridized carbons (Fsp3) is 0.833. The van der Waals surface area contributed by atoms with Gasteiger partial charge in [-0.2, -0.15) is 5.26 Å². The summed E-state index contributed by atoms with van der Waals surface area (Å²) in [7, 11) is 1.41. The van der Waals surface area contributed by atoms with Crippen LogP contribution in [0.2, 0.25) is 0 Å². The number of hydrogen-bond acceptors (Lipinski definition) is 3. The zero-order valence-corrected chi connectivity index (χ0v) is 9.79. The number of carbonyl (C=O) groups is 1. The summed E-state index contributed by atoms with van der Waals surface area (Å²) in [6.45, 7) is 2.14. The van der Waals surface area contributed by atoms with E-state index in [2.05, 4.69) is 17.7 Å². The molecule has 0 aliphatic heterocycles. The summed E-state index contributed by atoms with van der Waals surface area (Å²) in [5.74, 6) is 0.375. The number of hydrogen-bond donors (Lipinski definition) is 0. The molecule has 1 atom stereocenters. The summed E-state index contributed by atoms with van der Waals surface area (Å²) >= 11 is 0. The quantitative estimate of drug-likeness (QED) is 0.458. The van der Waals surface area contributed by atoms with E-state index in [0.717, 1.165) is 32.1 Å². The summed E-state index contributed by atoms with van der Waals surface area (Å²) < 4.78 is 4.56. The molecule has 0 amide bonds. The number of nitrogens with zero attached hydrogens (tertiary/aromatic N) is 1. The Morgan fingerprint density at radius 2 is 2.13 bits per heavy atom. The third-order valence-electron chi connectivity index (χ3n) is 2.55. The molecule has 1 unspecified atom stereocenters. The van der Waals surface area contributed by atoms with Crippen LogP contribution >= 0.6 is 0 Å². The Morgan fingerprint density at radius 3 is 2.67 bits per heavy atom. The second kappa shape index (κ2) is 9.51. The number of carbonyl (C=O) groups excluding carboxylic acids is 1. The predicted molar refractivity (Wildman–Crippen MR) is 59.1 cm³/mol. The van der Waals surface area contributed by atoms with E-state index in [-0.39, 0.29) is 5.97 Å². The lowest BCUT2D eigenvalue weighted by atomic mass is 9.94. The summed E-state index contributed by atoms with van der Waals surface area (Å²) in [6, 6.07) is 2.22. The highest BCUT2D eigenvalue weighted by atomic mass is 16.5. The standard InChI is InChI=1S/C12H21NO2/c1-3-6-11(9-10-13)7-4-5-8-12(14)15-2/h11H,3-9H2,1-2H3. The molecule has 3 nitrogen and oxygen atoms in total. The van der Waals surface area contributed by atoms with Gasteiger partial charge in [-0.3, -0.25) is 4.79 Å². The van der Waals surface area contributed by atoms with E-state index in [9.17, 15) is 4.79 Å². The van der Waals surface area contributed by atoms with Gasteiger partial charge in [0.05, 0.1) is 13.2 Å². The van der Waals surface area contributed by atoms with Crippen molar-refractivity contribution in [2.45, 2.75) is 51.9 Å². The van der Waals surface area contributed by atoms with Gasteiger partial charge in [0, 0.05) is 12.8 Å². The van der Waals surface area contributed by atoms with Crippen LogP contribution in [0.3, 0.4) is 0 Å². The molecule has 0 rings (SSSR count). The first kappa shape index (κ1) is 14.0. The van der Waals surface area contributed by atoms with Crippen LogP contribution < -0.4 is 0 Å². The molecule has 0 fully saturated rings. The summed E-state index contributed by atoms with van der Waals surface area (Å²) in [6.07, 6.45) is 6.33. The molecule has 0 radical (unpaired) electrons. The summed E-state index contributed by atoms with van der Waals surface area (Å²) in [5.41, 5.74) is 0. The molecule has 0 heterocycles. The topological polar surface area (TPSA) is 50.1 Å². The van der Waals surface area contributed by atoms with Crippen molar-refractivity contribution in [2.24, 2.45) is 5.92 Å². The molecule has 0 aromatic heterocycles. The molecule has 0 aliphatic carbocycles. The molecule has 0 bridgehead atoms. The Labute approximate surface area is 92.4 Å². The lowest BCUT2D eigenvalue weighted by molar-refractivity contribution is -0.140. The SMILES string of the molecule is CCCC(CC#N)CCCCC(=O)OC. The number of ether oxygens (including phenoxy) is 1. The first-order valence-electron chi connectivity index (χ1n) is 5.68. The van der Waals surface area contributed by atoms with Crippen molar-refractivity contribution in [3.8, 4) is 6.07 Å². The third-order valence-corrected chi connectivity index (χ3v) is 2.55. The van der Waals surface area contributed by atoms with E-state index in [0.29, 0.717) is 18.8 Å². The first-order chi connectivity index (χ1) is 7.24. The van der Waals surface area contributed by atoms with Gasteiger partial charge in [-0.15, -0.1) is 0 Å². The van der Waals surface area contributed by atoms with E-state index in [4.69, 9.17) is 5.26 Å². The fourth-order valence-corrected chi connectivity index (χ4v) is 1.69. The van der Waals surface area contributed by atoms with Crippen molar-refractivity contribution in [3.63, 3.8) is 0 Å². The second-order valence-corrected chi connectivity index (χ2v) is 3.84. The van der Waals surface area contributed by atoms with Gasteiger partial charge in [-0.25, -0.2) is 0 Å². The van der Waals surface area contributed by atoms with Gasteiger partial charge < -0.3 is 4.74 Å². The van der Waals surface area contributed by atoms with Crippen LogP contribution in [-0.2, 0) is 9.53 Å². The van der Waals surface area contributed by atoms with Crippen LogP contribution in [0.4, 0.5) is 0 Å². The van der Waals surface area contributed by atoms with Crippen molar-refractivity contribution in [3.05, 3.63) is 0 Å². The highest BCUT2D eigenvalue weighted by molar-refractivity contribution is 5.68. The molecular weight excluding hydrogens is 190 g/mol. The Kier molecular flexibility index (Phi) is 8.85. The molecule has 15 heavy (non-hydrogen) atoms. The Hall–Kier alpha value is -1.04. The van der Waals surface area contributed by atoms with Crippen molar-refractivity contribution >= 4 is 5.97 Å². The van der Waals surface area contributed by atoms with Crippen LogP contribution in [0.1, 0.15) is 51.9 Å². The average Bonchev–Trinajstić information content (AvgIpc) is 2.24. The zero-order valence-electron chi connectivity index (χ0n) is 9.79. The minimum absolute atomic E-state index is 0.137. The van der Waals surface area contributed by atoms with Crippen LogP contribution in [0, 0.1) is 17.2 Å². The van der Waals surface area contributed by atoms with Crippen LogP contribution in [0.25, 0.3) is 0 Å². The third kappa shape index (κ3) is 7.99. The normalized spacial score (nSPS) is 11.8. The minimum atomic E-state index is -0.137. The fourth-order valence-electron chi connectivity index (χ4n) is 1.69. The van der Waals surface area contributed by atoms with E-state index < -0.39 is 0 Å². The van der Waals surface area contributed by atoms with Gasteiger partial charge in [-0.05, 0) is 25.2 Å². The molecule has 0 saturated heterocycles. The predicted octanol–water partition coefficient (Wildman–Crippen LogP) is 3.05. The molecule has 86 valence electrons. The molecule has 0 aliphatic rings. The Morgan fingerprint density at radius 1 is 1.40 bits per heavy atom. The number of nitriles is 1. The minimum Gasteiger partial charge on any atom is -0.469 e. The summed E-state index contributed by atoms with van der Waals surface area (Å²) in [5, 5.41) is 8.62. The van der Waals surface area contributed by atoms with Gasteiger partial charge in [-0.1, -0.05) is 19.8 Å².